The van der Waals surface area contributed by atoms with E-state index in [0.717, 1.165) is 0 Å². The average molecular weight is 528 g/mol. The molecule has 0 saturated carbocycles. The van der Waals surface area contributed by atoms with E-state index >= 15 is 0 Å². The van der Waals surface area contributed by atoms with E-state index in [1.165, 1.54) is 22.5 Å². The Kier molecular flexibility index (Phi) is 10.3. The van der Waals surface area contributed by atoms with Crippen molar-refractivity contribution in [2.45, 2.75) is 130 Å². The second-order valence-corrected chi connectivity index (χ2v) is 20.4. The summed E-state index contributed by atoms with van der Waals surface area (Å²) < 4.78 is 0. The van der Waals surface area contributed by atoms with Gasteiger partial charge in [0, 0.05) is 29.0 Å². The molecule has 0 aliphatic heterocycles. The van der Waals surface area contributed by atoms with Gasteiger partial charge in [0.2, 0.25) is 0 Å². The molecule has 202 valence electrons. The Bertz CT molecular complexity index is 908. The minimum atomic E-state index is -0.292. The van der Waals surface area contributed by atoms with Gasteiger partial charge in [-0.3, -0.25) is 0 Å². The van der Waals surface area contributed by atoms with Gasteiger partial charge in [-0.25, -0.2) is 0 Å². The number of nitrogens with zero attached hydrogens (tertiary/aromatic N) is 1. The van der Waals surface area contributed by atoms with E-state index in [9.17, 15) is 0 Å². The molecule has 2 aromatic carbocycles. The van der Waals surface area contributed by atoms with Crippen molar-refractivity contribution < 1.29 is 0 Å². The van der Waals surface area contributed by atoms with Gasteiger partial charge in [0.15, 0.2) is 0 Å². The van der Waals surface area contributed by atoms with Gasteiger partial charge in [0.05, 0.1) is 0 Å². The number of anilines is 2. The summed E-state index contributed by atoms with van der Waals surface area (Å²) in [6.45, 7) is 33.4. The Morgan fingerprint density at radius 1 is 0.528 bits per heavy atom. The smallest absolute Gasteiger partial charge is 0.0486 e. The minimum absolute atomic E-state index is 0.143. The van der Waals surface area contributed by atoms with Crippen LogP contribution in [0.15, 0.2) is 36.4 Å². The van der Waals surface area contributed by atoms with E-state index < -0.39 is 0 Å². The lowest BCUT2D eigenvalue weighted by Crippen LogP contribution is -2.29. The van der Waals surface area contributed by atoms with Crippen molar-refractivity contribution in [3.05, 3.63) is 47.5 Å². The Morgan fingerprint density at radius 3 is 1.03 bits per heavy atom. The lowest BCUT2D eigenvalue weighted by atomic mass is 9.86. The second-order valence-electron chi connectivity index (χ2n) is 13.7. The fraction of sp³-hybridized carbons (Fsp3) is 0.636. The molecule has 0 aliphatic carbocycles. The molecule has 0 bridgehead atoms. The zero-order valence-electron chi connectivity index (χ0n) is 26.1. The van der Waals surface area contributed by atoms with Crippen LogP contribution in [-0.2, 0) is 10.8 Å². The highest BCUT2D eigenvalue weighted by atomic mass is 31.1. The molecular formula is C33H55NP2. The maximum Gasteiger partial charge on any atom is 0.0486 e. The highest BCUT2D eigenvalue weighted by Gasteiger charge is 2.29. The summed E-state index contributed by atoms with van der Waals surface area (Å²) in [7, 11) is 1.73. The third kappa shape index (κ3) is 7.14. The van der Waals surface area contributed by atoms with Crippen LogP contribution < -0.4 is 15.5 Å². The number of benzene rings is 2. The van der Waals surface area contributed by atoms with Crippen LogP contribution in [0.3, 0.4) is 0 Å². The highest BCUT2D eigenvalue weighted by molar-refractivity contribution is 7.67. The lowest BCUT2D eigenvalue weighted by molar-refractivity contribution is 0.590. The van der Waals surface area contributed by atoms with Crippen LogP contribution in [-0.4, -0.2) is 29.7 Å². The third-order valence-electron chi connectivity index (χ3n) is 7.19. The summed E-state index contributed by atoms with van der Waals surface area (Å²) >= 11 is 0. The summed E-state index contributed by atoms with van der Waals surface area (Å²) in [6.07, 6.45) is 0. The fourth-order valence-corrected chi connectivity index (χ4v) is 11.6. The summed E-state index contributed by atoms with van der Waals surface area (Å²) in [5.74, 6) is 0. The van der Waals surface area contributed by atoms with Crippen LogP contribution in [0.5, 0.6) is 0 Å². The van der Waals surface area contributed by atoms with E-state index in [4.69, 9.17) is 0 Å². The first-order valence-electron chi connectivity index (χ1n) is 14.0. The molecule has 36 heavy (non-hydrogen) atoms. The second kappa shape index (κ2) is 11.9. The minimum Gasteiger partial charge on any atom is -0.344 e. The van der Waals surface area contributed by atoms with Gasteiger partial charge in [0.25, 0.3) is 0 Å². The molecule has 0 aliphatic rings. The molecule has 1 nitrogen and oxygen atoms in total. The molecule has 2 rings (SSSR count). The molecule has 0 fully saturated rings. The molecule has 3 heteroatoms. The van der Waals surface area contributed by atoms with E-state index in [1.54, 1.807) is 10.6 Å². The van der Waals surface area contributed by atoms with Gasteiger partial charge < -0.3 is 4.90 Å². The first-order valence-corrected chi connectivity index (χ1v) is 16.9. The van der Waals surface area contributed by atoms with Crippen molar-refractivity contribution in [1.29, 1.82) is 0 Å². The van der Waals surface area contributed by atoms with Crippen LogP contribution in [0.1, 0.15) is 108 Å². The zero-order chi connectivity index (χ0) is 27.7. The Hall–Kier alpha value is -0.900. The molecule has 0 radical (unpaired) electrons. The summed E-state index contributed by atoms with van der Waals surface area (Å²) in [5.41, 5.74) is 8.54. The van der Waals surface area contributed by atoms with Crippen molar-refractivity contribution >= 4 is 37.8 Å². The van der Waals surface area contributed by atoms with Crippen LogP contribution >= 0.6 is 15.8 Å². The van der Waals surface area contributed by atoms with Crippen molar-refractivity contribution in [3.8, 4) is 0 Å². The van der Waals surface area contributed by atoms with Crippen LogP contribution in [0.2, 0.25) is 0 Å². The third-order valence-corrected chi connectivity index (χ3v) is 13.5. The topological polar surface area (TPSA) is 3.24 Å². The maximum atomic E-state index is 2.55. The Labute approximate surface area is 227 Å². The largest absolute Gasteiger partial charge is 0.344 e. The van der Waals surface area contributed by atoms with E-state index in [0.29, 0.717) is 22.6 Å². The highest BCUT2D eigenvalue weighted by Crippen LogP contribution is 2.51. The predicted octanol–water partition coefficient (Wildman–Crippen LogP) is 9.90. The molecular weight excluding hydrogens is 472 g/mol. The molecule has 0 N–H and O–H groups in total. The quantitative estimate of drug-likeness (QED) is 0.309. The van der Waals surface area contributed by atoms with Gasteiger partial charge in [0.1, 0.15) is 0 Å². The maximum absolute atomic E-state index is 2.55. The number of rotatable bonds is 8. The fourth-order valence-electron chi connectivity index (χ4n) is 5.40. The Morgan fingerprint density at radius 2 is 0.806 bits per heavy atom. The van der Waals surface area contributed by atoms with E-state index in [1.807, 2.05) is 0 Å². The van der Waals surface area contributed by atoms with Crippen LogP contribution in [0.4, 0.5) is 11.4 Å². The first kappa shape index (κ1) is 31.3. The summed E-state index contributed by atoms with van der Waals surface area (Å²) in [6, 6.07) is 14.7. The molecule has 0 heterocycles. The Balaban J connectivity index is 2.86. The van der Waals surface area contributed by atoms with Gasteiger partial charge in [-0.1, -0.05) is 125 Å². The zero-order valence-corrected chi connectivity index (χ0v) is 27.9. The van der Waals surface area contributed by atoms with Crippen LogP contribution in [0, 0.1) is 0 Å². The molecule has 0 unspecified atom stereocenters. The summed E-state index contributed by atoms with van der Waals surface area (Å²) in [5, 5.41) is 3.13. The van der Waals surface area contributed by atoms with Gasteiger partial charge >= 0.3 is 0 Å². The first-order chi connectivity index (χ1) is 16.4. The standard InChI is InChI=1S/C33H55NP2/c1-22(2)35(23(3)4)30-20-26(32(9,10)11)16-18-28(30)34(15)29-19-17-27(33(12,13)14)21-31(29)36(24(5)6)25(7)8/h16-25H,1-15H3. The van der Waals surface area contributed by atoms with Gasteiger partial charge in [-0.15, -0.1) is 0 Å². The van der Waals surface area contributed by atoms with Gasteiger partial charge in [-0.2, -0.15) is 0 Å². The summed E-state index contributed by atoms with van der Waals surface area (Å²) in [4.78, 5) is 2.53. The average Bonchev–Trinajstić information content (AvgIpc) is 2.71. The molecule has 0 atom stereocenters. The van der Waals surface area contributed by atoms with E-state index in [2.05, 4.69) is 145 Å². The van der Waals surface area contributed by atoms with Crippen molar-refractivity contribution in [1.82, 2.24) is 0 Å². The molecule has 0 spiro atoms. The molecule has 0 amide bonds. The SMILES string of the molecule is CC(C)P(c1cc(C(C)(C)C)ccc1N(C)c1ccc(C(C)(C)C)cc1P(C(C)C)C(C)C)C(C)C. The van der Waals surface area contributed by atoms with Gasteiger partial charge in [-0.05, 0) is 68.9 Å². The normalized spacial score (nSPS) is 13.2. The lowest BCUT2D eigenvalue weighted by Gasteiger charge is -2.36. The molecule has 0 aromatic heterocycles. The van der Waals surface area contributed by atoms with E-state index in [-0.39, 0.29) is 26.7 Å². The molecule has 0 saturated heterocycles. The van der Waals surface area contributed by atoms with Crippen LogP contribution in [0.25, 0.3) is 0 Å². The molecule has 2 aromatic rings. The number of hydrogen-bond donors (Lipinski definition) is 0. The van der Waals surface area contributed by atoms with Crippen molar-refractivity contribution in [2.75, 3.05) is 11.9 Å². The number of hydrogen-bond acceptors (Lipinski definition) is 1. The van der Waals surface area contributed by atoms with Crippen molar-refractivity contribution in [3.63, 3.8) is 0 Å². The monoisotopic (exact) mass is 527 g/mol. The predicted molar refractivity (Wildman–Crippen MR) is 172 cm³/mol. The van der Waals surface area contributed by atoms with Crippen molar-refractivity contribution in [2.24, 2.45) is 0 Å².